The molecule has 3 aromatic rings. The zero-order chi connectivity index (χ0) is 13.2. The summed E-state index contributed by atoms with van der Waals surface area (Å²) in [6.07, 6.45) is 0. The van der Waals surface area contributed by atoms with Crippen molar-refractivity contribution in [3.8, 4) is 5.75 Å². The first kappa shape index (κ1) is 12.1. The number of fused-ring (bicyclic) bond motifs is 1. The summed E-state index contributed by atoms with van der Waals surface area (Å²) in [6.45, 7) is 2.45. The minimum Gasteiger partial charge on any atom is -0.486 e. The van der Waals surface area contributed by atoms with Gasteiger partial charge in [-0.25, -0.2) is 0 Å². The molecule has 2 nitrogen and oxygen atoms in total. The number of hydrogen-bond acceptors (Lipinski definition) is 2. The van der Waals surface area contributed by atoms with Crippen LogP contribution >= 0.6 is 11.6 Å². The maximum Gasteiger partial charge on any atom is 0.146 e. The average Bonchev–Trinajstić information content (AvgIpc) is 2.78. The molecule has 0 bridgehead atoms. The van der Waals surface area contributed by atoms with Crippen molar-refractivity contribution in [3.63, 3.8) is 0 Å². The molecule has 3 heteroatoms. The SMILES string of the molecule is Cc1cccc(OCc2cc3ccc(Cl)cc3o2)c1. The molecule has 1 aromatic heterocycles. The summed E-state index contributed by atoms with van der Waals surface area (Å²) in [5.41, 5.74) is 1.96. The van der Waals surface area contributed by atoms with Crippen molar-refractivity contribution in [3.05, 3.63) is 64.9 Å². The monoisotopic (exact) mass is 272 g/mol. The Hall–Kier alpha value is -1.93. The van der Waals surface area contributed by atoms with Gasteiger partial charge < -0.3 is 9.15 Å². The molecule has 19 heavy (non-hydrogen) atoms. The van der Waals surface area contributed by atoms with Gasteiger partial charge in [-0.1, -0.05) is 23.7 Å². The maximum atomic E-state index is 5.93. The van der Waals surface area contributed by atoms with E-state index in [1.165, 1.54) is 5.56 Å². The largest absolute Gasteiger partial charge is 0.486 e. The van der Waals surface area contributed by atoms with E-state index in [9.17, 15) is 0 Å². The van der Waals surface area contributed by atoms with Crippen molar-refractivity contribution in [2.75, 3.05) is 0 Å². The van der Waals surface area contributed by atoms with E-state index >= 15 is 0 Å². The van der Waals surface area contributed by atoms with E-state index < -0.39 is 0 Å². The lowest BCUT2D eigenvalue weighted by atomic mass is 10.2. The summed E-state index contributed by atoms with van der Waals surface area (Å²) < 4.78 is 11.4. The third-order valence-corrected chi connectivity index (χ3v) is 3.14. The minimum atomic E-state index is 0.412. The van der Waals surface area contributed by atoms with Crippen LogP contribution in [0.2, 0.25) is 5.02 Å². The van der Waals surface area contributed by atoms with Crippen LogP contribution in [0.3, 0.4) is 0 Å². The van der Waals surface area contributed by atoms with E-state index in [4.69, 9.17) is 20.8 Å². The quantitative estimate of drug-likeness (QED) is 0.671. The fourth-order valence-corrected chi connectivity index (χ4v) is 2.15. The normalized spacial score (nSPS) is 10.8. The van der Waals surface area contributed by atoms with Crippen LogP contribution in [0.5, 0.6) is 5.75 Å². The van der Waals surface area contributed by atoms with Gasteiger partial charge in [0.15, 0.2) is 0 Å². The van der Waals surface area contributed by atoms with Gasteiger partial charge in [0.25, 0.3) is 0 Å². The highest BCUT2D eigenvalue weighted by molar-refractivity contribution is 6.31. The van der Waals surface area contributed by atoms with E-state index in [1.807, 2.05) is 55.5 Å². The number of ether oxygens (including phenoxy) is 1. The van der Waals surface area contributed by atoms with Gasteiger partial charge in [0.1, 0.15) is 23.7 Å². The van der Waals surface area contributed by atoms with Gasteiger partial charge in [-0.3, -0.25) is 0 Å². The predicted octanol–water partition coefficient (Wildman–Crippen LogP) is 4.97. The second kappa shape index (κ2) is 4.98. The number of halogens is 1. The Morgan fingerprint density at radius 3 is 2.84 bits per heavy atom. The molecular weight excluding hydrogens is 260 g/mol. The van der Waals surface area contributed by atoms with Gasteiger partial charge in [0.05, 0.1) is 0 Å². The first-order chi connectivity index (χ1) is 9.20. The van der Waals surface area contributed by atoms with Gasteiger partial charge in [-0.2, -0.15) is 0 Å². The third kappa shape index (κ3) is 2.74. The lowest BCUT2D eigenvalue weighted by molar-refractivity contribution is 0.274. The topological polar surface area (TPSA) is 22.4 Å². The molecular formula is C16H13ClO2. The van der Waals surface area contributed by atoms with E-state index in [1.54, 1.807) is 0 Å². The van der Waals surface area contributed by atoms with E-state index in [0.29, 0.717) is 11.6 Å². The van der Waals surface area contributed by atoms with Gasteiger partial charge >= 0.3 is 0 Å². The number of hydrogen-bond donors (Lipinski definition) is 0. The molecule has 0 saturated heterocycles. The second-order valence-electron chi connectivity index (χ2n) is 4.50. The summed E-state index contributed by atoms with van der Waals surface area (Å²) in [5, 5.41) is 1.71. The molecule has 0 atom stereocenters. The smallest absolute Gasteiger partial charge is 0.146 e. The van der Waals surface area contributed by atoms with Gasteiger partial charge in [0.2, 0.25) is 0 Å². The highest BCUT2D eigenvalue weighted by Crippen LogP contribution is 2.24. The van der Waals surface area contributed by atoms with Crippen molar-refractivity contribution >= 4 is 22.6 Å². The van der Waals surface area contributed by atoms with Crippen LogP contribution in [0.1, 0.15) is 11.3 Å². The van der Waals surface area contributed by atoms with Gasteiger partial charge in [-0.15, -0.1) is 0 Å². The molecule has 0 aliphatic carbocycles. The van der Waals surface area contributed by atoms with E-state index in [2.05, 4.69) is 0 Å². The molecule has 0 aliphatic rings. The molecule has 96 valence electrons. The summed E-state index contributed by atoms with van der Waals surface area (Å²) in [6, 6.07) is 15.5. The Labute approximate surface area is 116 Å². The zero-order valence-electron chi connectivity index (χ0n) is 10.5. The fraction of sp³-hybridized carbons (Fsp3) is 0.125. The first-order valence-electron chi connectivity index (χ1n) is 6.08. The van der Waals surface area contributed by atoms with Crippen LogP contribution in [-0.4, -0.2) is 0 Å². The Morgan fingerprint density at radius 2 is 2.00 bits per heavy atom. The molecule has 0 fully saturated rings. The minimum absolute atomic E-state index is 0.412. The highest BCUT2D eigenvalue weighted by atomic mass is 35.5. The van der Waals surface area contributed by atoms with Crippen molar-refractivity contribution < 1.29 is 9.15 Å². The summed E-state index contributed by atoms with van der Waals surface area (Å²) >= 11 is 5.93. The Morgan fingerprint density at radius 1 is 1.11 bits per heavy atom. The van der Waals surface area contributed by atoms with E-state index in [-0.39, 0.29) is 0 Å². The number of rotatable bonds is 3. The van der Waals surface area contributed by atoms with Crippen LogP contribution in [0.4, 0.5) is 0 Å². The predicted molar refractivity (Wildman–Crippen MR) is 76.7 cm³/mol. The summed E-state index contributed by atoms with van der Waals surface area (Å²) in [5.74, 6) is 1.64. The second-order valence-corrected chi connectivity index (χ2v) is 4.94. The van der Waals surface area contributed by atoms with E-state index in [0.717, 1.165) is 22.5 Å². The highest BCUT2D eigenvalue weighted by Gasteiger charge is 2.05. The standard InChI is InChI=1S/C16H13ClO2/c1-11-3-2-4-14(7-11)18-10-15-8-12-5-6-13(17)9-16(12)19-15/h2-9H,10H2,1H3. The lowest BCUT2D eigenvalue weighted by Gasteiger charge is -2.04. The number of furan rings is 1. The van der Waals surface area contributed by atoms with Crippen LogP contribution < -0.4 is 4.74 Å². The Bertz CT molecular complexity index is 716. The number of benzene rings is 2. The van der Waals surface area contributed by atoms with Crippen LogP contribution in [0.25, 0.3) is 11.0 Å². The van der Waals surface area contributed by atoms with Crippen LogP contribution in [-0.2, 0) is 6.61 Å². The summed E-state index contributed by atoms with van der Waals surface area (Å²) in [4.78, 5) is 0. The van der Waals surface area contributed by atoms with Gasteiger partial charge in [0, 0.05) is 16.5 Å². The third-order valence-electron chi connectivity index (χ3n) is 2.90. The fourth-order valence-electron chi connectivity index (χ4n) is 1.99. The first-order valence-corrected chi connectivity index (χ1v) is 6.46. The molecule has 0 spiro atoms. The molecule has 0 unspecified atom stereocenters. The van der Waals surface area contributed by atoms with Crippen molar-refractivity contribution in [1.29, 1.82) is 0 Å². The molecule has 0 amide bonds. The van der Waals surface area contributed by atoms with Crippen LogP contribution in [0, 0.1) is 6.92 Å². The van der Waals surface area contributed by atoms with Crippen molar-refractivity contribution in [2.24, 2.45) is 0 Å². The molecule has 0 radical (unpaired) electrons. The van der Waals surface area contributed by atoms with Crippen LogP contribution in [0.15, 0.2) is 52.9 Å². The lowest BCUT2D eigenvalue weighted by Crippen LogP contribution is -1.93. The molecule has 0 aliphatic heterocycles. The number of aryl methyl sites for hydroxylation is 1. The Balaban J connectivity index is 1.78. The molecule has 0 N–H and O–H groups in total. The maximum absolute atomic E-state index is 5.93. The summed E-state index contributed by atoms with van der Waals surface area (Å²) in [7, 11) is 0. The molecule has 3 rings (SSSR count). The van der Waals surface area contributed by atoms with Crippen molar-refractivity contribution in [2.45, 2.75) is 13.5 Å². The molecule has 1 heterocycles. The zero-order valence-corrected chi connectivity index (χ0v) is 11.3. The Kier molecular flexibility index (Phi) is 3.18. The van der Waals surface area contributed by atoms with Gasteiger partial charge in [-0.05, 0) is 42.8 Å². The molecule has 2 aromatic carbocycles. The average molecular weight is 273 g/mol. The van der Waals surface area contributed by atoms with Crippen molar-refractivity contribution in [1.82, 2.24) is 0 Å². The molecule has 0 saturated carbocycles.